The van der Waals surface area contributed by atoms with E-state index in [1.807, 2.05) is 36.7 Å². The molecule has 1 radical (unpaired) electrons. The van der Waals surface area contributed by atoms with Gasteiger partial charge in [-0.1, -0.05) is 30.3 Å². The van der Waals surface area contributed by atoms with Crippen LogP contribution in [0.2, 0.25) is 0 Å². The van der Waals surface area contributed by atoms with E-state index in [-0.39, 0.29) is 6.04 Å². The van der Waals surface area contributed by atoms with Crippen molar-refractivity contribution in [3.63, 3.8) is 0 Å². The third kappa shape index (κ3) is 1.77. The van der Waals surface area contributed by atoms with Crippen LogP contribution in [0.25, 0.3) is 0 Å². The van der Waals surface area contributed by atoms with Crippen molar-refractivity contribution in [1.82, 2.24) is 10.2 Å². The molecule has 0 bridgehead atoms. The highest BCUT2D eigenvalue weighted by Gasteiger charge is 2.22. The maximum atomic E-state index is 10.7. The summed E-state index contributed by atoms with van der Waals surface area (Å²) in [7, 11) is 0. The number of carbonyl (C=O) groups excluding carboxylic acids is 1. The predicted octanol–water partition coefficient (Wildman–Crippen LogP) is 0.700. The second-order valence-corrected chi connectivity index (χ2v) is 3.42. The second-order valence-electron chi connectivity index (χ2n) is 3.42. The summed E-state index contributed by atoms with van der Waals surface area (Å²) in [4.78, 5) is 12.4. The Labute approximate surface area is 83.7 Å². The lowest BCUT2D eigenvalue weighted by atomic mass is 10.0. The van der Waals surface area contributed by atoms with Crippen LogP contribution in [-0.2, 0) is 4.79 Å². The molecule has 3 heteroatoms. The fraction of sp³-hybridized carbons (Fsp3) is 0.364. The van der Waals surface area contributed by atoms with Crippen LogP contribution in [0.4, 0.5) is 0 Å². The van der Waals surface area contributed by atoms with Crippen molar-refractivity contribution in [2.45, 2.75) is 6.04 Å². The number of nitrogens with one attached hydrogen (secondary N) is 1. The molecule has 1 aromatic carbocycles. The lowest BCUT2D eigenvalue weighted by Crippen LogP contribution is -2.45. The van der Waals surface area contributed by atoms with E-state index in [1.165, 1.54) is 5.56 Å². The molecule has 1 saturated heterocycles. The van der Waals surface area contributed by atoms with Crippen LogP contribution in [0.3, 0.4) is 0 Å². The number of benzene rings is 1. The highest BCUT2D eigenvalue weighted by molar-refractivity contribution is 5.50. The summed E-state index contributed by atoms with van der Waals surface area (Å²) in [5, 5.41) is 3.28. The molecule has 1 unspecified atom stereocenters. The Morgan fingerprint density at radius 3 is 2.86 bits per heavy atom. The molecule has 1 aliphatic rings. The number of amides is 1. The van der Waals surface area contributed by atoms with Gasteiger partial charge in [0.2, 0.25) is 0 Å². The van der Waals surface area contributed by atoms with Gasteiger partial charge in [0.1, 0.15) is 0 Å². The van der Waals surface area contributed by atoms with E-state index in [1.54, 1.807) is 4.90 Å². The standard InChI is InChI=1S/C11H13N2O/c14-9-13-7-6-12-8-11(13)10-4-2-1-3-5-10/h1-5,11-12H,6-8H2. The molecule has 1 amide bonds. The van der Waals surface area contributed by atoms with Gasteiger partial charge < -0.3 is 10.2 Å². The monoisotopic (exact) mass is 189 g/mol. The average molecular weight is 189 g/mol. The molecule has 1 atom stereocenters. The van der Waals surface area contributed by atoms with E-state index in [4.69, 9.17) is 0 Å². The quantitative estimate of drug-likeness (QED) is 0.742. The molecule has 1 N–H and O–H groups in total. The zero-order valence-electron chi connectivity index (χ0n) is 7.94. The Kier molecular flexibility index (Phi) is 2.79. The molecule has 0 aromatic heterocycles. The molecule has 1 heterocycles. The Morgan fingerprint density at radius 1 is 1.36 bits per heavy atom. The van der Waals surface area contributed by atoms with Gasteiger partial charge in [-0.25, -0.2) is 0 Å². The van der Waals surface area contributed by atoms with Crippen molar-refractivity contribution in [2.75, 3.05) is 19.6 Å². The van der Waals surface area contributed by atoms with Crippen molar-refractivity contribution < 1.29 is 4.79 Å². The number of piperazine rings is 1. The number of rotatable bonds is 2. The minimum Gasteiger partial charge on any atom is -0.325 e. The highest BCUT2D eigenvalue weighted by atomic mass is 16.1. The van der Waals surface area contributed by atoms with Crippen LogP contribution in [0, 0.1) is 0 Å². The largest absolute Gasteiger partial charge is 0.325 e. The zero-order chi connectivity index (χ0) is 9.80. The van der Waals surface area contributed by atoms with E-state index < -0.39 is 0 Å². The summed E-state index contributed by atoms with van der Waals surface area (Å²) < 4.78 is 0. The third-order valence-electron chi connectivity index (χ3n) is 2.54. The van der Waals surface area contributed by atoms with Crippen LogP contribution < -0.4 is 5.32 Å². The third-order valence-corrected chi connectivity index (χ3v) is 2.54. The van der Waals surface area contributed by atoms with Crippen molar-refractivity contribution >= 4 is 6.41 Å². The molecule has 3 nitrogen and oxygen atoms in total. The maximum Gasteiger partial charge on any atom is 0.312 e. The van der Waals surface area contributed by atoms with Gasteiger partial charge in [0, 0.05) is 19.6 Å². The summed E-state index contributed by atoms with van der Waals surface area (Å²) in [5.41, 5.74) is 1.17. The Bertz CT molecular complexity index is 299. The normalized spacial score (nSPS) is 22.0. The van der Waals surface area contributed by atoms with Crippen LogP contribution in [0.1, 0.15) is 11.6 Å². The molecule has 0 aliphatic carbocycles. The van der Waals surface area contributed by atoms with Crippen molar-refractivity contribution in [2.24, 2.45) is 0 Å². The molecular formula is C11H13N2O. The van der Waals surface area contributed by atoms with E-state index in [0.29, 0.717) is 0 Å². The minimum absolute atomic E-state index is 0.141. The van der Waals surface area contributed by atoms with Gasteiger partial charge in [-0.15, -0.1) is 0 Å². The van der Waals surface area contributed by atoms with E-state index >= 15 is 0 Å². The van der Waals surface area contributed by atoms with Crippen molar-refractivity contribution in [3.8, 4) is 0 Å². The lowest BCUT2D eigenvalue weighted by molar-refractivity contribution is 0.249. The summed E-state index contributed by atoms with van der Waals surface area (Å²) in [6.45, 7) is 2.42. The first-order chi connectivity index (χ1) is 6.92. The van der Waals surface area contributed by atoms with Gasteiger partial charge in [-0.2, -0.15) is 0 Å². The predicted molar refractivity (Wildman–Crippen MR) is 54.5 cm³/mol. The first kappa shape index (κ1) is 9.21. The Morgan fingerprint density at radius 2 is 2.14 bits per heavy atom. The summed E-state index contributed by atoms with van der Waals surface area (Å²) in [6, 6.07) is 10.2. The average Bonchev–Trinajstić information content (AvgIpc) is 2.30. The fourth-order valence-electron chi connectivity index (χ4n) is 1.79. The first-order valence-electron chi connectivity index (χ1n) is 4.82. The molecule has 2 rings (SSSR count). The summed E-state index contributed by atoms with van der Waals surface area (Å²) >= 11 is 0. The molecular weight excluding hydrogens is 176 g/mol. The van der Waals surface area contributed by atoms with Gasteiger partial charge in [-0.05, 0) is 5.56 Å². The summed E-state index contributed by atoms with van der Waals surface area (Å²) in [6.07, 6.45) is 2.00. The fourth-order valence-corrected chi connectivity index (χ4v) is 1.79. The van der Waals surface area contributed by atoms with Crippen LogP contribution in [0.5, 0.6) is 0 Å². The molecule has 0 spiro atoms. The van der Waals surface area contributed by atoms with E-state index in [2.05, 4.69) is 5.32 Å². The van der Waals surface area contributed by atoms with Gasteiger partial charge in [0.25, 0.3) is 0 Å². The Hall–Kier alpha value is -1.35. The van der Waals surface area contributed by atoms with Crippen LogP contribution >= 0.6 is 0 Å². The molecule has 73 valence electrons. The number of nitrogens with zero attached hydrogens (tertiary/aromatic N) is 1. The molecule has 0 saturated carbocycles. The molecule has 1 fully saturated rings. The maximum absolute atomic E-state index is 10.7. The van der Waals surface area contributed by atoms with Gasteiger partial charge >= 0.3 is 6.41 Å². The van der Waals surface area contributed by atoms with Crippen LogP contribution in [-0.4, -0.2) is 30.9 Å². The van der Waals surface area contributed by atoms with Gasteiger partial charge in [0.05, 0.1) is 6.04 Å². The molecule has 14 heavy (non-hydrogen) atoms. The number of hydrogen-bond donors (Lipinski definition) is 1. The number of hydrogen-bond acceptors (Lipinski definition) is 2. The van der Waals surface area contributed by atoms with Crippen molar-refractivity contribution in [3.05, 3.63) is 35.9 Å². The molecule has 1 aromatic rings. The van der Waals surface area contributed by atoms with E-state index in [0.717, 1.165) is 19.6 Å². The zero-order valence-corrected chi connectivity index (χ0v) is 7.94. The molecule has 1 aliphatic heterocycles. The smallest absolute Gasteiger partial charge is 0.312 e. The van der Waals surface area contributed by atoms with Gasteiger partial charge in [0.15, 0.2) is 0 Å². The highest BCUT2D eigenvalue weighted by Crippen LogP contribution is 2.19. The van der Waals surface area contributed by atoms with E-state index in [9.17, 15) is 4.79 Å². The van der Waals surface area contributed by atoms with Crippen LogP contribution in [0.15, 0.2) is 30.3 Å². The van der Waals surface area contributed by atoms with Crippen molar-refractivity contribution in [1.29, 1.82) is 0 Å². The Balaban J connectivity index is 2.19. The lowest BCUT2D eigenvalue weighted by Gasteiger charge is -2.32. The second kappa shape index (κ2) is 4.24. The minimum atomic E-state index is 0.141. The summed E-state index contributed by atoms with van der Waals surface area (Å²) in [5.74, 6) is 0. The SMILES string of the molecule is O=[C]N1CCNCC1c1ccccc1. The van der Waals surface area contributed by atoms with Gasteiger partial charge in [-0.3, -0.25) is 4.79 Å². The first-order valence-corrected chi connectivity index (χ1v) is 4.82. The topological polar surface area (TPSA) is 32.3 Å².